The van der Waals surface area contributed by atoms with Crippen LogP contribution in [-0.4, -0.2) is 25.0 Å². The van der Waals surface area contributed by atoms with Gasteiger partial charge in [0.15, 0.2) is 0 Å². The second-order valence-corrected chi connectivity index (χ2v) is 8.04. The van der Waals surface area contributed by atoms with Gasteiger partial charge in [-0.05, 0) is 47.9 Å². The van der Waals surface area contributed by atoms with E-state index in [-0.39, 0.29) is 5.56 Å². The summed E-state index contributed by atoms with van der Waals surface area (Å²) in [6.45, 7) is 5.02. The van der Waals surface area contributed by atoms with E-state index in [0.717, 1.165) is 0 Å². The Balaban J connectivity index is 2.58. The molecule has 1 unspecified atom stereocenters. The second-order valence-electron chi connectivity index (χ2n) is 6.50. The van der Waals surface area contributed by atoms with Gasteiger partial charge in [0.25, 0.3) is 0 Å². The van der Waals surface area contributed by atoms with Crippen molar-refractivity contribution in [3.8, 4) is 5.75 Å². The fourth-order valence-corrected chi connectivity index (χ4v) is 3.40. The van der Waals surface area contributed by atoms with Crippen molar-refractivity contribution in [3.05, 3.63) is 28.8 Å². The molecule has 0 spiro atoms. The molecular formula is C15H17F3O5S. The summed E-state index contributed by atoms with van der Waals surface area (Å²) in [6.07, 6.45) is 0.904. The third-order valence-corrected chi connectivity index (χ3v) is 5.26. The molecular weight excluding hydrogens is 349 g/mol. The van der Waals surface area contributed by atoms with Crippen LogP contribution in [0.1, 0.15) is 49.3 Å². The Hall–Kier alpha value is -1.77. The van der Waals surface area contributed by atoms with Gasteiger partial charge >= 0.3 is 21.6 Å². The number of aliphatic carboxylic acids is 1. The van der Waals surface area contributed by atoms with E-state index in [1.807, 2.05) is 13.8 Å². The van der Waals surface area contributed by atoms with Gasteiger partial charge in [-0.3, -0.25) is 4.79 Å². The van der Waals surface area contributed by atoms with Crippen LogP contribution in [0.2, 0.25) is 0 Å². The van der Waals surface area contributed by atoms with E-state index in [4.69, 9.17) is 0 Å². The molecule has 0 aromatic heterocycles. The first-order valence-corrected chi connectivity index (χ1v) is 8.56. The molecule has 1 aromatic carbocycles. The minimum atomic E-state index is -5.78. The number of hydrogen-bond acceptors (Lipinski definition) is 4. The van der Waals surface area contributed by atoms with E-state index in [1.54, 1.807) is 0 Å². The highest BCUT2D eigenvalue weighted by molar-refractivity contribution is 7.88. The van der Waals surface area contributed by atoms with Gasteiger partial charge in [-0.15, -0.1) is 0 Å². The third-order valence-electron chi connectivity index (χ3n) is 4.29. The van der Waals surface area contributed by atoms with Gasteiger partial charge < -0.3 is 9.29 Å². The molecule has 1 aromatic rings. The lowest BCUT2D eigenvalue weighted by atomic mass is 9.68. The predicted molar refractivity (Wildman–Crippen MR) is 79.4 cm³/mol. The summed E-state index contributed by atoms with van der Waals surface area (Å²) in [5.41, 5.74) is -4.94. The molecule has 1 aliphatic carbocycles. The molecule has 1 aliphatic rings. The Bertz CT molecular complexity index is 781. The first-order valence-electron chi connectivity index (χ1n) is 7.15. The topological polar surface area (TPSA) is 80.7 Å². The number of carboxylic acid groups (broad SMARTS) is 1. The fourth-order valence-electron chi connectivity index (χ4n) is 2.89. The van der Waals surface area contributed by atoms with E-state index in [1.165, 1.54) is 19.1 Å². The Morgan fingerprint density at radius 1 is 1.33 bits per heavy atom. The average Bonchev–Trinajstić information content (AvgIpc) is 2.38. The SMILES string of the molecule is Cc1cc2c(cc1OS(=O)(=O)C(F)(F)F)C(C)(C)CCC2C(=O)O. The molecule has 0 heterocycles. The van der Waals surface area contributed by atoms with Gasteiger partial charge in [-0.1, -0.05) is 19.9 Å². The molecule has 0 aliphatic heterocycles. The van der Waals surface area contributed by atoms with Crippen LogP contribution < -0.4 is 4.18 Å². The summed E-state index contributed by atoms with van der Waals surface area (Å²) < 4.78 is 64.3. The van der Waals surface area contributed by atoms with Gasteiger partial charge in [0.1, 0.15) is 5.75 Å². The summed E-state index contributed by atoms with van der Waals surface area (Å²) in [4.78, 5) is 11.4. The fraction of sp³-hybridized carbons (Fsp3) is 0.533. The lowest BCUT2D eigenvalue weighted by Crippen LogP contribution is -2.31. The molecule has 0 fully saturated rings. The summed E-state index contributed by atoms with van der Waals surface area (Å²) in [5, 5.41) is 9.33. The van der Waals surface area contributed by atoms with Crippen LogP contribution in [-0.2, 0) is 20.3 Å². The molecule has 24 heavy (non-hydrogen) atoms. The first kappa shape index (κ1) is 18.6. The number of rotatable bonds is 3. The molecule has 0 saturated carbocycles. The molecule has 1 N–H and O–H groups in total. The monoisotopic (exact) mass is 366 g/mol. The maximum Gasteiger partial charge on any atom is 0.534 e. The number of carbonyl (C=O) groups is 1. The van der Waals surface area contributed by atoms with E-state index in [0.29, 0.717) is 24.0 Å². The minimum absolute atomic E-state index is 0.130. The smallest absolute Gasteiger partial charge is 0.481 e. The number of fused-ring (bicyclic) bond motifs is 1. The maximum atomic E-state index is 12.5. The van der Waals surface area contributed by atoms with Crippen LogP contribution in [0, 0.1) is 6.92 Å². The van der Waals surface area contributed by atoms with Crippen molar-refractivity contribution in [2.45, 2.75) is 50.5 Å². The number of carboxylic acids is 1. The minimum Gasteiger partial charge on any atom is -0.481 e. The molecule has 0 radical (unpaired) electrons. The first-order chi connectivity index (χ1) is 10.8. The van der Waals surface area contributed by atoms with Crippen LogP contribution in [0.15, 0.2) is 12.1 Å². The van der Waals surface area contributed by atoms with Crippen LogP contribution in [0.5, 0.6) is 5.75 Å². The number of aryl methyl sites for hydroxylation is 1. The van der Waals surface area contributed by atoms with Crippen molar-refractivity contribution in [2.24, 2.45) is 0 Å². The van der Waals surface area contributed by atoms with Crippen molar-refractivity contribution < 1.29 is 35.7 Å². The summed E-state index contributed by atoms with van der Waals surface area (Å²) in [7, 11) is -5.78. The normalized spacial score (nSPS) is 20.3. The van der Waals surface area contributed by atoms with Crippen LogP contribution >= 0.6 is 0 Å². The van der Waals surface area contributed by atoms with Gasteiger partial charge in [0.05, 0.1) is 5.92 Å². The largest absolute Gasteiger partial charge is 0.534 e. The van der Waals surface area contributed by atoms with Gasteiger partial charge in [0, 0.05) is 0 Å². The molecule has 0 bridgehead atoms. The van der Waals surface area contributed by atoms with Crippen molar-refractivity contribution in [1.82, 2.24) is 0 Å². The summed E-state index contributed by atoms with van der Waals surface area (Å²) in [6, 6.07) is 2.61. The highest BCUT2D eigenvalue weighted by atomic mass is 32.2. The molecule has 5 nitrogen and oxygen atoms in total. The Morgan fingerprint density at radius 3 is 2.42 bits per heavy atom. The van der Waals surface area contributed by atoms with Crippen molar-refractivity contribution in [2.75, 3.05) is 0 Å². The van der Waals surface area contributed by atoms with E-state index in [2.05, 4.69) is 4.18 Å². The quantitative estimate of drug-likeness (QED) is 0.654. The van der Waals surface area contributed by atoms with Crippen molar-refractivity contribution in [3.63, 3.8) is 0 Å². The van der Waals surface area contributed by atoms with Gasteiger partial charge in [-0.25, -0.2) is 0 Å². The number of alkyl halides is 3. The highest BCUT2D eigenvalue weighted by Crippen LogP contribution is 2.45. The van der Waals surface area contributed by atoms with Gasteiger partial charge in [-0.2, -0.15) is 21.6 Å². The summed E-state index contributed by atoms with van der Waals surface area (Å²) >= 11 is 0. The number of hydrogen-bond donors (Lipinski definition) is 1. The van der Waals surface area contributed by atoms with Crippen LogP contribution in [0.25, 0.3) is 0 Å². The molecule has 9 heteroatoms. The van der Waals surface area contributed by atoms with Crippen molar-refractivity contribution in [1.29, 1.82) is 0 Å². The van der Waals surface area contributed by atoms with Crippen LogP contribution in [0.3, 0.4) is 0 Å². The highest BCUT2D eigenvalue weighted by Gasteiger charge is 2.49. The Labute approximate surface area is 137 Å². The molecule has 0 saturated heterocycles. The number of halogens is 3. The Kier molecular flexibility index (Phi) is 4.37. The molecule has 1 atom stereocenters. The maximum absolute atomic E-state index is 12.5. The zero-order valence-electron chi connectivity index (χ0n) is 13.3. The Morgan fingerprint density at radius 2 is 1.92 bits per heavy atom. The standard InChI is InChI=1S/C15H17F3O5S/c1-8-6-10-9(13(19)20)4-5-14(2,3)11(10)7-12(8)23-24(21,22)15(16,17)18/h6-7,9H,4-5H2,1-3H3,(H,19,20). The number of benzene rings is 1. The lowest BCUT2D eigenvalue weighted by molar-refractivity contribution is -0.139. The summed E-state index contributed by atoms with van der Waals surface area (Å²) in [5.74, 6) is -2.24. The van der Waals surface area contributed by atoms with E-state index >= 15 is 0 Å². The predicted octanol–water partition coefficient (Wildman–Crippen LogP) is 3.46. The zero-order valence-corrected chi connectivity index (χ0v) is 14.1. The van der Waals surface area contributed by atoms with E-state index < -0.39 is 38.7 Å². The van der Waals surface area contributed by atoms with E-state index in [9.17, 15) is 31.5 Å². The molecule has 0 amide bonds. The second kappa shape index (κ2) is 5.65. The molecule has 134 valence electrons. The van der Waals surface area contributed by atoms with Crippen molar-refractivity contribution >= 4 is 16.1 Å². The zero-order chi connectivity index (χ0) is 18.5. The third kappa shape index (κ3) is 3.22. The molecule has 2 rings (SSSR count). The van der Waals surface area contributed by atoms with Crippen LogP contribution in [0.4, 0.5) is 13.2 Å². The van der Waals surface area contributed by atoms with Gasteiger partial charge in [0.2, 0.25) is 0 Å². The average molecular weight is 366 g/mol. The lowest BCUT2D eigenvalue weighted by Gasteiger charge is -2.36.